The van der Waals surface area contributed by atoms with Gasteiger partial charge in [0.2, 0.25) is 17.8 Å². The van der Waals surface area contributed by atoms with Gasteiger partial charge in [-0.15, -0.1) is 6.58 Å². The quantitative estimate of drug-likeness (QED) is 0.434. The van der Waals surface area contributed by atoms with Crippen molar-refractivity contribution < 1.29 is 0 Å². The van der Waals surface area contributed by atoms with Gasteiger partial charge in [-0.3, -0.25) is 0 Å². The van der Waals surface area contributed by atoms with Gasteiger partial charge in [-0.1, -0.05) is 6.08 Å². The number of piperidine rings is 2. The van der Waals surface area contributed by atoms with Crippen LogP contribution in [0.3, 0.4) is 0 Å². The average molecular weight is 377 g/mol. The maximum absolute atomic E-state index is 6.16. The second-order valence-electron chi connectivity index (χ2n) is 7.73. The van der Waals surface area contributed by atoms with E-state index >= 15 is 0 Å². The highest BCUT2D eigenvalue weighted by atomic mass is 15.4. The molecule has 8 N–H and O–H groups in total. The van der Waals surface area contributed by atoms with Crippen LogP contribution in [0.4, 0.5) is 17.8 Å². The number of aromatic nitrogens is 3. The third kappa shape index (κ3) is 4.83. The molecule has 2 saturated heterocycles. The monoisotopic (exact) mass is 376 g/mol. The molecule has 27 heavy (non-hydrogen) atoms. The zero-order valence-electron chi connectivity index (χ0n) is 16.0. The second kappa shape index (κ2) is 8.34. The van der Waals surface area contributed by atoms with E-state index in [4.69, 9.17) is 27.9 Å². The number of nitrogens with two attached hydrogens (primary N) is 4. The molecule has 2 fully saturated rings. The molecule has 1 aromatic heterocycles. The van der Waals surface area contributed by atoms with Crippen LogP contribution in [0, 0.1) is 0 Å². The maximum atomic E-state index is 6.16. The molecular formula is C17H32N10. The molecule has 0 radical (unpaired) electrons. The maximum Gasteiger partial charge on any atom is 0.232 e. The summed E-state index contributed by atoms with van der Waals surface area (Å²) >= 11 is 0. The Morgan fingerprint density at radius 3 is 1.67 bits per heavy atom. The lowest BCUT2D eigenvalue weighted by molar-refractivity contribution is 0.441. The topological polar surface area (TPSA) is 152 Å². The summed E-state index contributed by atoms with van der Waals surface area (Å²) in [7, 11) is 1.92. The molecule has 3 heterocycles. The van der Waals surface area contributed by atoms with E-state index in [0.717, 1.165) is 12.8 Å². The molecule has 2 aliphatic heterocycles. The fourth-order valence-electron chi connectivity index (χ4n) is 3.76. The fourth-order valence-corrected chi connectivity index (χ4v) is 3.76. The molecule has 10 heteroatoms. The first-order valence-electron chi connectivity index (χ1n) is 9.46. The van der Waals surface area contributed by atoms with E-state index < -0.39 is 0 Å². The van der Waals surface area contributed by atoms with Gasteiger partial charge in [0.25, 0.3) is 0 Å². The first-order valence-corrected chi connectivity index (χ1v) is 9.46. The average Bonchev–Trinajstić information content (AvgIpc) is 2.60. The van der Waals surface area contributed by atoms with Crippen molar-refractivity contribution in [1.29, 1.82) is 0 Å². The predicted octanol–water partition coefficient (Wildman–Crippen LogP) is -1.78. The van der Waals surface area contributed by atoms with Crippen molar-refractivity contribution in [3.8, 4) is 0 Å². The molecule has 2 aliphatic rings. The summed E-state index contributed by atoms with van der Waals surface area (Å²) in [5, 5.41) is 0. The molecule has 0 aromatic carbocycles. The molecule has 0 saturated carbocycles. The SMILES string of the molecule is C=CCN(C)c1nc(N2C[C@H](N)C[C@@H](N)C2)nc(N2C[C@H](N)C[C@H](N)C2)n1. The van der Waals surface area contributed by atoms with Crippen molar-refractivity contribution in [2.75, 3.05) is 54.5 Å². The van der Waals surface area contributed by atoms with Gasteiger partial charge < -0.3 is 37.6 Å². The Balaban J connectivity index is 1.94. The summed E-state index contributed by atoms with van der Waals surface area (Å²) in [6.45, 7) is 7.09. The predicted molar refractivity (Wildman–Crippen MR) is 109 cm³/mol. The van der Waals surface area contributed by atoms with E-state index in [1.54, 1.807) is 0 Å². The van der Waals surface area contributed by atoms with Gasteiger partial charge in [0.1, 0.15) is 0 Å². The van der Waals surface area contributed by atoms with Crippen LogP contribution in [-0.4, -0.2) is 78.9 Å². The molecule has 3 rings (SSSR count). The Kier molecular flexibility index (Phi) is 6.10. The highest BCUT2D eigenvalue weighted by molar-refractivity contribution is 5.47. The van der Waals surface area contributed by atoms with Gasteiger partial charge in [0.15, 0.2) is 0 Å². The van der Waals surface area contributed by atoms with Crippen LogP contribution in [-0.2, 0) is 0 Å². The summed E-state index contributed by atoms with van der Waals surface area (Å²) in [5.41, 5.74) is 24.6. The Bertz CT molecular complexity index is 588. The molecule has 150 valence electrons. The van der Waals surface area contributed by atoms with Crippen molar-refractivity contribution in [2.24, 2.45) is 22.9 Å². The molecule has 0 amide bonds. The Labute approximate surface area is 160 Å². The standard InChI is InChI=1S/C17H32N10/c1-3-4-25(2)15-22-16(26-7-11(18)5-12(19)8-26)24-17(23-15)27-9-13(20)6-14(21)10-27/h3,11-14H,1,4-10,18-21H2,2H3/t11-,12-,13-,14+/m1/s1. The highest BCUT2D eigenvalue weighted by Gasteiger charge is 2.29. The summed E-state index contributed by atoms with van der Waals surface area (Å²) in [6.07, 6.45) is 3.41. The molecule has 1 aromatic rings. The summed E-state index contributed by atoms with van der Waals surface area (Å²) < 4.78 is 0. The van der Waals surface area contributed by atoms with Crippen LogP contribution in [0.1, 0.15) is 12.8 Å². The summed E-state index contributed by atoms with van der Waals surface area (Å²) in [5.74, 6) is 1.75. The number of rotatable bonds is 5. The van der Waals surface area contributed by atoms with Gasteiger partial charge >= 0.3 is 0 Å². The van der Waals surface area contributed by atoms with Crippen molar-refractivity contribution in [3.63, 3.8) is 0 Å². The molecule has 0 unspecified atom stereocenters. The van der Waals surface area contributed by atoms with Crippen molar-refractivity contribution >= 4 is 17.8 Å². The van der Waals surface area contributed by atoms with Gasteiger partial charge in [-0.2, -0.15) is 15.0 Å². The normalized spacial score (nSPS) is 28.9. The van der Waals surface area contributed by atoms with E-state index in [9.17, 15) is 0 Å². The molecule has 0 spiro atoms. The smallest absolute Gasteiger partial charge is 0.232 e. The zero-order valence-corrected chi connectivity index (χ0v) is 16.0. The van der Waals surface area contributed by atoms with Gasteiger partial charge in [-0.25, -0.2) is 0 Å². The second-order valence-corrected chi connectivity index (χ2v) is 7.73. The van der Waals surface area contributed by atoms with Gasteiger partial charge in [0.05, 0.1) is 0 Å². The zero-order chi connectivity index (χ0) is 19.6. The van der Waals surface area contributed by atoms with Crippen LogP contribution in [0.15, 0.2) is 12.7 Å². The van der Waals surface area contributed by atoms with E-state index in [-0.39, 0.29) is 24.2 Å². The number of hydrogen-bond acceptors (Lipinski definition) is 10. The van der Waals surface area contributed by atoms with Crippen molar-refractivity contribution in [1.82, 2.24) is 15.0 Å². The Hall–Kier alpha value is -2.01. The van der Waals surface area contributed by atoms with Gasteiger partial charge in [0, 0.05) is 63.9 Å². The Morgan fingerprint density at radius 1 is 0.889 bits per heavy atom. The van der Waals surface area contributed by atoms with Crippen LogP contribution < -0.4 is 37.6 Å². The van der Waals surface area contributed by atoms with Crippen LogP contribution in [0.25, 0.3) is 0 Å². The molecule has 0 aliphatic carbocycles. The van der Waals surface area contributed by atoms with Crippen LogP contribution in [0.5, 0.6) is 0 Å². The van der Waals surface area contributed by atoms with Crippen LogP contribution in [0.2, 0.25) is 0 Å². The largest absolute Gasteiger partial charge is 0.340 e. The Morgan fingerprint density at radius 2 is 1.30 bits per heavy atom. The lowest BCUT2D eigenvalue weighted by atomic mass is 10.0. The summed E-state index contributed by atoms with van der Waals surface area (Å²) in [6, 6.07) is 0.000560. The van der Waals surface area contributed by atoms with Crippen LogP contribution >= 0.6 is 0 Å². The lowest BCUT2D eigenvalue weighted by Crippen LogP contribution is -2.54. The van der Waals surface area contributed by atoms with E-state index in [0.29, 0.717) is 50.6 Å². The first kappa shape index (κ1) is 19.7. The third-order valence-corrected chi connectivity index (χ3v) is 4.94. The van der Waals surface area contributed by atoms with E-state index in [1.807, 2.05) is 27.8 Å². The van der Waals surface area contributed by atoms with E-state index in [1.165, 1.54) is 0 Å². The minimum Gasteiger partial charge on any atom is -0.340 e. The van der Waals surface area contributed by atoms with E-state index in [2.05, 4.69) is 16.5 Å². The minimum absolute atomic E-state index is 0.000140. The number of hydrogen-bond donors (Lipinski definition) is 4. The number of likely N-dealkylation sites (N-methyl/N-ethyl adjacent to an activating group) is 1. The summed E-state index contributed by atoms with van der Waals surface area (Å²) in [4.78, 5) is 20.0. The van der Waals surface area contributed by atoms with Crippen molar-refractivity contribution in [2.45, 2.75) is 37.0 Å². The molecule has 10 nitrogen and oxygen atoms in total. The molecule has 0 bridgehead atoms. The van der Waals surface area contributed by atoms with Crippen molar-refractivity contribution in [3.05, 3.63) is 12.7 Å². The molecular weight excluding hydrogens is 344 g/mol. The van der Waals surface area contributed by atoms with Gasteiger partial charge in [-0.05, 0) is 12.8 Å². The fraction of sp³-hybridized carbons (Fsp3) is 0.706. The molecule has 4 atom stereocenters. The first-order chi connectivity index (χ1) is 12.9. The third-order valence-electron chi connectivity index (χ3n) is 4.94. The minimum atomic E-state index is 0.000140. The number of nitrogens with zero attached hydrogens (tertiary/aromatic N) is 6. The highest BCUT2D eigenvalue weighted by Crippen LogP contribution is 2.23. The number of anilines is 3. The lowest BCUT2D eigenvalue weighted by Gasteiger charge is -2.37.